The zero-order valence-electron chi connectivity index (χ0n) is 15.9. The lowest BCUT2D eigenvalue weighted by Gasteiger charge is -2.35. The third kappa shape index (κ3) is 8.94. The first-order chi connectivity index (χ1) is 11.1. The van der Waals surface area contributed by atoms with Crippen molar-refractivity contribution in [2.24, 2.45) is 17.1 Å². The van der Waals surface area contributed by atoms with Crippen molar-refractivity contribution in [1.29, 1.82) is 0 Å². The molecule has 1 atom stereocenters. The Labute approximate surface area is 166 Å². The summed E-state index contributed by atoms with van der Waals surface area (Å²) >= 11 is 0. The van der Waals surface area contributed by atoms with Crippen LogP contribution in [0, 0.1) is 11.3 Å². The van der Waals surface area contributed by atoms with Crippen molar-refractivity contribution in [3.05, 3.63) is 0 Å². The fourth-order valence-corrected chi connectivity index (χ4v) is 4.34. The Bertz CT molecular complexity index is 363. The molecular weight excluding hydrogens is 357 g/mol. The van der Waals surface area contributed by atoms with Gasteiger partial charge in [0.05, 0.1) is 0 Å². The molecule has 1 heterocycles. The van der Waals surface area contributed by atoms with Gasteiger partial charge in [0, 0.05) is 19.5 Å². The number of unbranched alkanes of at least 4 members (excludes halogenated alkanes) is 1. The van der Waals surface area contributed by atoms with Gasteiger partial charge < -0.3 is 16.0 Å². The highest BCUT2D eigenvalue weighted by Crippen LogP contribution is 2.38. The maximum Gasteiger partial charge on any atom is 0.220 e. The second-order valence-corrected chi connectivity index (χ2v) is 8.05. The van der Waals surface area contributed by atoms with Crippen LogP contribution < -0.4 is 11.1 Å². The lowest BCUT2D eigenvalue weighted by atomic mass is 9.71. The average molecular weight is 396 g/mol. The van der Waals surface area contributed by atoms with E-state index >= 15 is 0 Å². The number of nitrogens with zero attached hydrogens (tertiary/aromatic N) is 1. The molecule has 0 aromatic heterocycles. The zero-order valence-corrected chi connectivity index (χ0v) is 17.6. The van der Waals surface area contributed by atoms with Crippen LogP contribution in [0.5, 0.6) is 0 Å². The Morgan fingerprint density at radius 1 is 1.16 bits per heavy atom. The minimum absolute atomic E-state index is 0. The highest BCUT2D eigenvalue weighted by atomic mass is 35.5. The van der Waals surface area contributed by atoms with E-state index in [4.69, 9.17) is 5.73 Å². The molecule has 0 bridgehead atoms. The van der Waals surface area contributed by atoms with Crippen molar-refractivity contribution in [2.75, 3.05) is 32.7 Å². The molecule has 3 N–H and O–H groups in total. The molecule has 2 aliphatic rings. The lowest BCUT2D eigenvalue weighted by Crippen LogP contribution is -2.39. The Morgan fingerprint density at radius 3 is 2.52 bits per heavy atom. The summed E-state index contributed by atoms with van der Waals surface area (Å²) in [5.41, 5.74) is 6.06. The van der Waals surface area contributed by atoms with E-state index in [9.17, 15) is 4.79 Å². The zero-order chi connectivity index (χ0) is 16.5. The van der Waals surface area contributed by atoms with Gasteiger partial charge in [0.15, 0.2) is 0 Å². The lowest BCUT2D eigenvalue weighted by molar-refractivity contribution is -0.123. The van der Waals surface area contributed by atoms with E-state index in [2.05, 4.69) is 17.1 Å². The first-order valence-electron chi connectivity index (χ1n) is 9.83. The van der Waals surface area contributed by atoms with E-state index in [1.54, 1.807) is 0 Å². The molecular formula is C19H39Cl2N3O. The topological polar surface area (TPSA) is 58.4 Å². The Balaban J connectivity index is 0.00000288. The third-order valence-corrected chi connectivity index (χ3v) is 5.85. The molecule has 0 aromatic rings. The van der Waals surface area contributed by atoms with Gasteiger partial charge in [-0.15, -0.1) is 24.8 Å². The van der Waals surface area contributed by atoms with Gasteiger partial charge in [-0.05, 0) is 69.5 Å². The van der Waals surface area contributed by atoms with Crippen molar-refractivity contribution in [3.8, 4) is 0 Å². The Kier molecular flexibility index (Phi) is 13.2. The van der Waals surface area contributed by atoms with E-state index in [0.717, 1.165) is 31.7 Å². The fourth-order valence-electron chi connectivity index (χ4n) is 4.34. The normalized spacial score (nSPS) is 23.2. The highest BCUT2D eigenvalue weighted by Gasteiger charge is 2.32. The largest absolute Gasteiger partial charge is 0.356 e. The number of rotatable bonds is 8. The van der Waals surface area contributed by atoms with Crippen molar-refractivity contribution in [2.45, 2.75) is 71.1 Å². The maximum atomic E-state index is 12.2. The number of nitrogens with one attached hydrogen (secondary N) is 1. The summed E-state index contributed by atoms with van der Waals surface area (Å²) in [7, 11) is 0. The smallest absolute Gasteiger partial charge is 0.220 e. The molecule has 1 aliphatic heterocycles. The van der Waals surface area contributed by atoms with Gasteiger partial charge in [0.1, 0.15) is 0 Å². The summed E-state index contributed by atoms with van der Waals surface area (Å²) in [5.74, 6) is 1.07. The molecule has 1 saturated carbocycles. The minimum Gasteiger partial charge on any atom is -0.356 e. The average Bonchev–Trinajstić information content (AvgIpc) is 2.55. The highest BCUT2D eigenvalue weighted by molar-refractivity contribution is 5.85. The molecule has 0 spiro atoms. The number of halogens is 2. The molecule has 1 saturated heterocycles. The Hall–Kier alpha value is -0.0300. The molecule has 2 fully saturated rings. The number of hydrogen-bond donors (Lipinski definition) is 2. The summed E-state index contributed by atoms with van der Waals surface area (Å²) in [5, 5.41) is 3.12. The second-order valence-electron chi connectivity index (χ2n) is 8.05. The molecule has 1 amide bonds. The van der Waals surface area contributed by atoms with Crippen molar-refractivity contribution in [3.63, 3.8) is 0 Å². The van der Waals surface area contributed by atoms with Crippen LogP contribution in [0.15, 0.2) is 0 Å². The van der Waals surface area contributed by atoms with Gasteiger partial charge in [-0.2, -0.15) is 0 Å². The van der Waals surface area contributed by atoms with Gasteiger partial charge in [-0.1, -0.05) is 26.2 Å². The molecule has 4 nitrogen and oxygen atoms in total. The predicted octanol–water partition coefficient (Wildman–Crippen LogP) is 3.76. The van der Waals surface area contributed by atoms with Gasteiger partial charge in [0.25, 0.3) is 0 Å². The van der Waals surface area contributed by atoms with Crippen LogP contribution in [0.25, 0.3) is 0 Å². The number of carbonyl (C=O) groups is 1. The number of carbonyl (C=O) groups excluding carboxylic acids is 1. The van der Waals surface area contributed by atoms with Crippen LogP contribution >= 0.6 is 24.8 Å². The second kappa shape index (κ2) is 13.2. The summed E-state index contributed by atoms with van der Waals surface area (Å²) in [4.78, 5) is 14.8. The number of amides is 1. The number of hydrogen-bond acceptors (Lipinski definition) is 3. The van der Waals surface area contributed by atoms with Gasteiger partial charge in [-0.3, -0.25) is 4.79 Å². The molecule has 2 rings (SSSR count). The Morgan fingerprint density at radius 2 is 1.88 bits per heavy atom. The molecule has 6 heteroatoms. The fraction of sp³-hybridized carbons (Fsp3) is 0.947. The summed E-state index contributed by atoms with van der Waals surface area (Å²) in [6.07, 6.45) is 11.7. The SMILES string of the molecule is CC1CCCN(CCCCNC(=O)CC2(CN)CCCCC2)C1.Cl.Cl. The van der Waals surface area contributed by atoms with Gasteiger partial charge in [-0.25, -0.2) is 0 Å². The van der Waals surface area contributed by atoms with E-state index < -0.39 is 0 Å². The molecule has 0 radical (unpaired) electrons. The predicted molar refractivity (Wildman–Crippen MR) is 111 cm³/mol. The van der Waals surface area contributed by atoms with Crippen LogP contribution in [0.4, 0.5) is 0 Å². The van der Waals surface area contributed by atoms with Gasteiger partial charge >= 0.3 is 0 Å². The maximum absolute atomic E-state index is 12.2. The standard InChI is InChI=1S/C19H37N3O.2ClH/c1-17-8-7-13-22(15-17)12-6-5-11-21-18(23)14-19(16-20)9-3-2-4-10-19;;/h17H,2-16,20H2,1H3,(H,21,23);2*1H. The summed E-state index contributed by atoms with van der Waals surface area (Å²) in [6, 6.07) is 0. The van der Waals surface area contributed by atoms with E-state index in [1.165, 1.54) is 58.2 Å². The molecule has 150 valence electrons. The number of nitrogens with two attached hydrogens (primary N) is 1. The first-order valence-corrected chi connectivity index (χ1v) is 9.83. The van der Waals surface area contributed by atoms with Crippen molar-refractivity contribution in [1.82, 2.24) is 10.2 Å². The van der Waals surface area contributed by atoms with Crippen LogP contribution in [0.1, 0.15) is 71.1 Å². The quantitative estimate of drug-likeness (QED) is 0.615. The van der Waals surface area contributed by atoms with E-state index in [0.29, 0.717) is 13.0 Å². The summed E-state index contributed by atoms with van der Waals surface area (Å²) in [6.45, 7) is 7.54. The third-order valence-electron chi connectivity index (χ3n) is 5.85. The van der Waals surface area contributed by atoms with E-state index in [-0.39, 0.29) is 36.1 Å². The first kappa shape index (κ1) is 25.0. The van der Waals surface area contributed by atoms with Crippen molar-refractivity contribution >= 4 is 30.7 Å². The molecule has 1 aliphatic carbocycles. The number of piperidine rings is 1. The monoisotopic (exact) mass is 395 g/mol. The van der Waals surface area contributed by atoms with Gasteiger partial charge in [0.2, 0.25) is 5.91 Å². The van der Waals surface area contributed by atoms with Crippen LogP contribution in [-0.4, -0.2) is 43.5 Å². The molecule has 1 unspecified atom stereocenters. The van der Waals surface area contributed by atoms with Crippen LogP contribution in [0.2, 0.25) is 0 Å². The summed E-state index contributed by atoms with van der Waals surface area (Å²) < 4.78 is 0. The molecule has 0 aromatic carbocycles. The molecule has 25 heavy (non-hydrogen) atoms. The van der Waals surface area contributed by atoms with Crippen molar-refractivity contribution < 1.29 is 4.79 Å². The van der Waals surface area contributed by atoms with Crippen LogP contribution in [0.3, 0.4) is 0 Å². The number of likely N-dealkylation sites (tertiary alicyclic amines) is 1. The van der Waals surface area contributed by atoms with Crippen LogP contribution in [-0.2, 0) is 4.79 Å². The van der Waals surface area contributed by atoms with E-state index in [1.807, 2.05) is 0 Å². The minimum atomic E-state index is 0.